The molecule has 108 valence electrons. The Hall–Kier alpha value is -1.30. The summed E-state index contributed by atoms with van der Waals surface area (Å²) >= 11 is 0. The van der Waals surface area contributed by atoms with Gasteiger partial charge in [0.05, 0.1) is 20.3 Å². The lowest BCUT2D eigenvalue weighted by molar-refractivity contribution is 0.169. The molecule has 0 aliphatic rings. The molecule has 0 amide bonds. The molecule has 0 heterocycles. The van der Waals surface area contributed by atoms with E-state index in [0.29, 0.717) is 18.0 Å². The molecule has 0 fully saturated rings. The highest BCUT2D eigenvalue weighted by Crippen LogP contribution is 2.28. The zero-order valence-electron chi connectivity index (χ0n) is 12.1. The highest BCUT2D eigenvalue weighted by molar-refractivity contribution is 5.41. The fraction of sp³-hybridized carbons (Fsp3) is 0.571. The van der Waals surface area contributed by atoms with Gasteiger partial charge in [-0.1, -0.05) is 0 Å². The predicted octanol–water partition coefficient (Wildman–Crippen LogP) is 0.888. The maximum Gasteiger partial charge on any atom is 0.124 e. The van der Waals surface area contributed by atoms with Crippen molar-refractivity contribution in [2.75, 3.05) is 47.9 Å². The van der Waals surface area contributed by atoms with Crippen LogP contribution in [0, 0.1) is 0 Å². The molecule has 1 rings (SSSR count). The van der Waals surface area contributed by atoms with Crippen LogP contribution in [0.25, 0.3) is 0 Å². The van der Waals surface area contributed by atoms with Crippen molar-refractivity contribution in [3.8, 4) is 11.5 Å². The van der Waals surface area contributed by atoms with E-state index in [1.54, 1.807) is 26.4 Å². The molecule has 0 bridgehead atoms. The molecular formula is C14H24N2O3. The Morgan fingerprint density at radius 2 is 2.00 bits per heavy atom. The van der Waals surface area contributed by atoms with Crippen molar-refractivity contribution in [1.82, 2.24) is 10.2 Å². The van der Waals surface area contributed by atoms with Crippen molar-refractivity contribution in [1.29, 1.82) is 0 Å². The molecule has 0 saturated carbocycles. The van der Waals surface area contributed by atoms with E-state index in [2.05, 4.69) is 10.2 Å². The SMILES string of the molecule is COc1ccc(OC)c(C(O)CNCCN(C)C)c1. The van der Waals surface area contributed by atoms with Gasteiger partial charge in [-0.2, -0.15) is 0 Å². The number of nitrogens with one attached hydrogen (secondary N) is 1. The molecule has 0 saturated heterocycles. The molecule has 0 radical (unpaired) electrons. The third-order valence-electron chi connectivity index (χ3n) is 2.87. The molecule has 1 aromatic carbocycles. The van der Waals surface area contributed by atoms with Crippen LogP contribution >= 0.6 is 0 Å². The Balaban J connectivity index is 2.61. The summed E-state index contributed by atoms with van der Waals surface area (Å²) in [6, 6.07) is 5.42. The van der Waals surface area contributed by atoms with Crippen molar-refractivity contribution >= 4 is 0 Å². The molecular weight excluding hydrogens is 244 g/mol. The molecule has 1 unspecified atom stereocenters. The Morgan fingerprint density at radius 1 is 1.26 bits per heavy atom. The molecule has 1 aromatic rings. The van der Waals surface area contributed by atoms with Gasteiger partial charge >= 0.3 is 0 Å². The lowest BCUT2D eigenvalue weighted by Gasteiger charge is -2.17. The van der Waals surface area contributed by atoms with Gasteiger partial charge in [-0.15, -0.1) is 0 Å². The van der Waals surface area contributed by atoms with Crippen molar-refractivity contribution < 1.29 is 14.6 Å². The minimum atomic E-state index is -0.618. The number of nitrogens with zero attached hydrogens (tertiary/aromatic N) is 1. The second kappa shape index (κ2) is 7.99. The van der Waals surface area contributed by atoms with Crippen LogP contribution in [0.1, 0.15) is 11.7 Å². The van der Waals surface area contributed by atoms with Gasteiger partial charge in [0.2, 0.25) is 0 Å². The molecule has 5 nitrogen and oxygen atoms in total. The summed E-state index contributed by atoms with van der Waals surface area (Å²) in [6.07, 6.45) is -0.618. The second-order valence-corrected chi connectivity index (χ2v) is 4.63. The first kappa shape index (κ1) is 15.8. The van der Waals surface area contributed by atoms with E-state index < -0.39 is 6.10 Å². The average Bonchev–Trinajstić information content (AvgIpc) is 2.42. The molecule has 0 aromatic heterocycles. The van der Waals surface area contributed by atoms with Gasteiger partial charge < -0.3 is 24.8 Å². The monoisotopic (exact) mass is 268 g/mol. The fourth-order valence-electron chi connectivity index (χ4n) is 1.75. The third kappa shape index (κ3) is 5.06. The average molecular weight is 268 g/mol. The second-order valence-electron chi connectivity index (χ2n) is 4.63. The lowest BCUT2D eigenvalue weighted by atomic mass is 10.1. The van der Waals surface area contributed by atoms with Crippen LogP contribution in [-0.4, -0.2) is 58.0 Å². The fourth-order valence-corrected chi connectivity index (χ4v) is 1.75. The molecule has 1 atom stereocenters. The standard InChI is InChI=1S/C14H24N2O3/c1-16(2)8-7-15-10-13(17)12-9-11(18-3)5-6-14(12)19-4/h5-6,9,13,15,17H,7-8,10H2,1-4H3. The quantitative estimate of drug-likeness (QED) is 0.686. The number of aliphatic hydroxyl groups is 1. The first-order valence-electron chi connectivity index (χ1n) is 6.34. The van der Waals surface area contributed by atoms with Crippen LogP contribution in [-0.2, 0) is 0 Å². The summed E-state index contributed by atoms with van der Waals surface area (Å²) < 4.78 is 10.4. The maximum absolute atomic E-state index is 10.2. The van der Waals surface area contributed by atoms with Crippen molar-refractivity contribution in [3.63, 3.8) is 0 Å². The van der Waals surface area contributed by atoms with Crippen LogP contribution in [0.5, 0.6) is 11.5 Å². The summed E-state index contributed by atoms with van der Waals surface area (Å²) in [4.78, 5) is 2.09. The number of likely N-dealkylation sites (N-methyl/N-ethyl adjacent to an activating group) is 1. The highest BCUT2D eigenvalue weighted by Gasteiger charge is 2.14. The van der Waals surface area contributed by atoms with Gasteiger partial charge in [0, 0.05) is 25.2 Å². The zero-order valence-corrected chi connectivity index (χ0v) is 12.1. The van der Waals surface area contributed by atoms with E-state index in [9.17, 15) is 5.11 Å². The van der Waals surface area contributed by atoms with E-state index in [1.807, 2.05) is 20.2 Å². The summed E-state index contributed by atoms with van der Waals surface area (Å²) in [6.45, 7) is 2.25. The van der Waals surface area contributed by atoms with E-state index >= 15 is 0 Å². The minimum Gasteiger partial charge on any atom is -0.497 e. The number of benzene rings is 1. The molecule has 2 N–H and O–H groups in total. The van der Waals surface area contributed by atoms with Gasteiger partial charge in [0.25, 0.3) is 0 Å². The topological polar surface area (TPSA) is 54.0 Å². The molecule has 0 aliphatic heterocycles. The van der Waals surface area contributed by atoms with E-state index in [4.69, 9.17) is 9.47 Å². The molecule has 0 aliphatic carbocycles. The predicted molar refractivity (Wildman–Crippen MR) is 75.9 cm³/mol. The number of ether oxygens (including phenoxy) is 2. The number of rotatable bonds is 8. The Bertz CT molecular complexity index is 383. The van der Waals surface area contributed by atoms with Gasteiger partial charge in [-0.3, -0.25) is 0 Å². The highest BCUT2D eigenvalue weighted by atomic mass is 16.5. The van der Waals surface area contributed by atoms with E-state index in [-0.39, 0.29) is 0 Å². The molecule has 0 spiro atoms. The largest absolute Gasteiger partial charge is 0.497 e. The van der Waals surface area contributed by atoms with Gasteiger partial charge in [0.1, 0.15) is 11.5 Å². The van der Waals surface area contributed by atoms with E-state index in [0.717, 1.165) is 18.7 Å². The summed E-state index contributed by atoms with van der Waals surface area (Å²) in [5.41, 5.74) is 0.735. The summed E-state index contributed by atoms with van der Waals surface area (Å²) in [7, 11) is 7.23. The van der Waals surface area contributed by atoms with Crippen LogP contribution in [0.15, 0.2) is 18.2 Å². The van der Waals surface area contributed by atoms with Crippen molar-refractivity contribution in [3.05, 3.63) is 23.8 Å². The number of hydrogen-bond donors (Lipinski definition) is 2. The van der Waals surface area contributed by atoms with Crippen LogP contribution in [0.4, 0.5) is 0 Å². The zero-order chi connectivity index (χ0) is 14.3. The van der Waals surface area contributed by atoms with Crippen LogP contribution < -0.4 is 14.8 Å². The number of aliphatic hydroxyl groups excluding tert-OH is 1. The Morgan fingerprint density at radius 3 is 2.58 bits per heavy atom. The van der Waals surface area contributed by atoms with Gasteiger partial charge in [0.15, 0.2) is 0 Å². The summed E-state index contributed by atoms with van der Waals surface area (Å²) in [5.74, 6) is 1.38. The van der Waals surface area contributed by atoms with Gasteiger partial charge in [-0.25, -0.2) is 0 Å². The third-order valence-corrected chi connectivity index (χ3v) is 2.87. The molecule has 19 heavy (non-hydrogen) atoms. The Kier molecular flexibility index (Phi) is 6.62. The number of methoxy groups -OCH3 is 2. The van der Waals surface area contributed by atoms with Crippen molar-refractivity contribution in [2.45, 2.75) is 6.10 Å². The van der Waals surface area contributed by atoms with Gasteiger partial charge in [-0.05, 0) is 32.3 Å². The lowest BCUT2D eigenvalue weighted by Crippen LogP contribution is -2.29. The smallest absolute Gasteiger partial charge is 0.124 e. The van der Waals surface area contributed by atoms with E-state index in [1.165, 1.54) is 0 Å². The first-order chi connectivity index (χ1) is 9.08. The first-order valence-corrected chi connectivity index (χ1v) is 6.34. The summed E-state index contributed by atoms with van der Waals surface area (Å²) in [5, 5.41) is 13.4. The van der Waals surface area contributed by atoms with Crippen molar-refractivity contribution in [2.24, 2.45) is 0 Å². The van der Waals surface area contributed by atoms with Crippen LogP contribution in [0.3, 0.4) is 0 Å². The van der Waals surface area contributed by atoms with Crippen LogP contribution in [0.2, 0.25) is 0 Å². The minimum absolute atomic E-state index is 0.483. The normalized spacial score (nSPS) is 12.5. The molecule has 5 heteroatoms. The number of hydrogen-bond acceptors (Lipinski definition) is 5. The Labute approximate surface area is 115 Å². The maximum atomic E-state index is 10.2.